The fourth-order valence-electron chi connectivity index (χ4n) is 6.46. The number of hydrogen-bond donors (Lipinski definition) is 2. The van der Waals surface area contributed by atoms with Crippen molar-refractivity contribution in [3.8, 4) is 17.2 Å². The second-order valence-corrected chi connectivity index (χ2v) is 12.8. The zero-order chi connectivity index (χ0) is 30.7. The summed E-state index contributed by atoms with van der Waals surface area (Å²) < 4.78 is 17.7. The Kier molecular flexibility index (Phi) is 6.85. The SMILES string of the molecule is C=C1CN2C(=O)c3cc(C)c(OCCCOc4cc5c(cc4OC)C(=O)N4CC(C)(C)C[C@@]4(N)C=N5)cc3N=C[C@]2(N)C1. The highest BCUT2D eigenvalue weighted by molar-refractivity contribution is 6.05. The van der Waals surface area contributed by atoms with Gasteiger partial charge in [0.2, 0.25) is 0 Å². The van der Waals surface area contributed by atoms with Gasteiger partial charge >= 0.3 is 0 Å². The summed E-state index contributed by atoms with van der Waals surface area (Å²) in [6.45, 7) is 11.8. The van der Waals surface area contributed by atoms with Crippen molar-refractivity contribution in [2.75, 3.05) is 33.4 Å². The molecule has 2 atom stereocenters. The molecule has 4 aliphatic rings. The average Bonchev–Trinajstić information content (AvgIpc) is 3.34. The highest BCUT2D eigenvalue weighted by atomic mass is 16.5. The first kappa shape index (κ1) is 28.9. The van der Waals surface area contributed by atoms with Crippen molar-refractivity contribution in [1.82, 2.24) is 9.80 Å². The molecule has 2 amide bonds. The Morgan fingerprint density at radius 1 is 0.884 bits per heavy atom. The van der Waals surface area contributed by atoms with E-state index in [1.807, 2.05) is 6.92 Å². The number of nitrogens with zero attached hydrogens (tertiary/aromatic N) is 4. The summed E-state index contributed by atoms with van der Waals surface area (Å²) >= 11 is 0. The maximum absolute atomic E-state index is 13.5. The number of aliphatic imine (C=N–C) groups is 2. The lowest BCUT2D eigenvalue weighted by atomic mass is 9.89. The van der Waals surface area contributed by atoms with Gasteiger partial charge in [-0.15, -0.1) is 0 Å². The molecular weight excluding hydrogens is 548 g/mol. The van der Waals surface area contributed by atoms with E-state index in [0.717, 1.165) is 11.1 Å². The second-order valence-electron chi connectivity index (χ2n) is 12.8. The van der Waals surface area contributed by atoms with Gasteiger partial charge in [0, 0.05) is 50.5 Å². The summed E-state index contributed by atoms with van der Waals surface area (Å²) in [5, 5.41) is 0. The Bertz CT molecular complexity index is 1600. The predicted octanol–water partition coefficient (Wildman–Crippen LogP) is 3.87. The predicted molar refractivity (Wildman–Crippen MR) is 164 cm³/mol. The van der Waals surface area contributed by atoms with Gasteiger partial charge in [-0.1, -0.05) is 26.0 Å². The van der Waals surface area contributed by atoms with Crippen LogP contribution in [0.3, 0.4) is 0 Å². The van der Waals surface area contributed by atoms with Crippen LogP contribution in [0.4, 0.5) is 11.4 Å². The Balaban J connectivity index is 1.11. The van der Waals surface area contributed by atoms with Crippen LogP contribution in [0, 0.1) is 12.3 Å². The summed E-state index contributed by atoms with van der Waals surface area (Å²) in [6, 6.07) is 6.97. The van der Waals surface area contributed by atoms with Gasteiger partial charge in [-0.2, -0.15) is 0 Å². The molecule has 226 valence electrons. The fraction of sp³-hybridized carbons (Fsp3) is 0.438. The van der Waals surface area contributed by atoms with Crippen molar-refractivity contribution in [3.05, 3.63) is 53.1 Å². The molecule has 2 saturated heterocycles. The smallest absolute Gasteiger partial charge is 0.258 e. The van der Waals surface area contributed by atoms with E-state index in [-0.39, 0.29) is 17.2 Å². The third-order valence-electron chi connectivity index (χ3n) is 8.45. The van der Waals surface area contributed by atoms with Crippen molar-refractivity contribution in [3.63, 3.8) is 0 Å². The van der Waals surface area contributed by atoms with Crippen LogP contribution in [-0.4, -0.2) is 78.8 Å². The van der Waals surface area contributed by atoms with Gasteiger partial charge in [0.1, 0.15) is 17.1 Å². The Morgan fingerprint density at radius 3 is 2.19 bits per heavy atom. The molecular formula is C32H38N6O5. The normalized spacial score (nSPS) is 25.1. The zero-order valence-corrected chi connectivity index (χ0v) is 25.1. The van der Waals surface area contributed by atoms with E-state index in [1.54, 1.807) is 46.5 Å². The zero-order valence-electron chi connectivity index (χ0n) is 25.1. The highest BCUT2D eigenvalue weighted by Crippen LogP contribution is 2.44. The van der Waals surface area contributed by atoms with E-state index in [1.165, 1.54) is 7.11 Å². The van der Waals surface area contributed by atoms with Gasteiger partial charge in [-0.05, 0) is 36.5 Å². The number of nitrogens with two attached hydrogens (primary N) is 2. The van der Waals surface area contributed by atoms with Gasteiger partial charge in [0.15, 0.2) is 11.5 Å². The monoisotopic (exact) mass is 586 g/mol. The van der Waals surface area contributed by atoms with Gasteiger partial charge < -0.3 is 35.5 Å². The standard InChI is InChI=1S/C32H38N6O5/c1-19-13-31(33)16-35-23-11-25(20(2)9-21(23)28(39)37(31)14-19)42-7-6-8-43-27-12-24-22(10-26(27)41-5)29(40)38-18-30(3,4)15-32(38,34)17-36-24/h9-12,16-17H,1,6-8,13-15,18,33-34H2,2-5H3/t31-,32-/m0/s1. The van der Waals surface area contributed by atoms with Crippen LogP contribution in [-0.2, 0) is 0 Å². The Hall–Kier alpha value is -4.22. The molecule has 11 heteroatoms. The molecule has 43 heavy (non-hydrogen) atoms. The summed E-state index contributed by atoms with van der Waals surface area (Å²) in [6.07, 6.45) is 4.98. The van der Waals surface area contributed by atoms with Crippen LogP contribution < -0.4 is 25.7 Å². The average molecular weight is 587 g/mol. The molecule has 0 aliphatic carbocycles. The molecule has 2 aromatic carbocycles. The van der Waals surface area contributed by atoms with Crippen molar-refractivity contribution in [2.45, 2.75) is 51.4 Å². The maximum Gasteiger partial charge on any atom is 0.258 e. The maximum atomic E-state index is 13.5. The van der Waals surface area contributed by atoms with E-state index in [9.17, 15) is 9.59 Å². The van der Waals surface area contributed by atoms with Crippen LogP contribution in [0.2, 0.25) is 0 Å². The minimum Gasteiger partial charge on any atom is -0.493 e. The van der Waals surface area contributed by atoms with Gasteiger partial charge in [-0.3, -0.25) is 19.6 Å². The molecule has 6 rings (SSSR count). The summed E-state index contributed by atoms with van der Waals surface area (Å²) in [5.74, 6) is 1.22. The van der Waals surface area contributed by atoms with E-state index >= 15 is 0 Å². The second kappa shape index (κ2) is 10.2. The summed E-state index contributed by atoms with van der Waals surface area (Å²) in [4.78, 5) is 39.2. The quantitative estimate of drug-likeness (QED) is 0.370. The molecule has 2 aromatic rings. The lowest BCUT2D eigenvalue weighted by Gasteiger charge is -2.30. The molecule has 4 aliphatic heterocycles. The summed E-state index contributed by atoms with van der Waals surface area (Å²) in [7, 11) is 1.54. The van der Waals surface area contributed by atoms with Crippen LogP contribution in [0.25, 0.3) is 0 Å². The number of carbonyl (C=O) groups is 2. The lowest BCUT2D eigenvalue weighted by molar-refractivity contribution is 0.0688. The highest BCUT2D eigenvalue weighted by Gasteiger charge is 2.50. The van der Waals surface area contributed by atoms with E-state index in [0.29, 0.717) is 85.3 Å². The molecule has 0 spiro atoms. The van der Waals surface area contributed by atoms with E-state index < -0.39 is 11.3 Å². The number of rotatable bonds is 7. The first-order valence-electron chi connectivity index (χ1n) is 14.4. The molecule has 11 nitrogen and oxygen atoms in total. The lowest BCUT2D eigenvalue weighted by Crippen LogP contribution is -2.54. The molecule has 4 heterocycles. The van der Waals surface area contributed by atoms with Crippen LogP contribution in [0.15, 0.2) is 46.4 Å². The number of amides is 2. The Morgan fingerprint density at radius 2 is 1.49 bits per heavy atom. The van der Waals surface area contributed by atoms with Gasteiger partial charge in [-0.25, -0.2) is 0 Å². The molecule has 0 unspecified atom stereocenters. The first-order chi connectivity index (χ1) is 20.3. The van der Waals surface area contributed by atoms with Gasteiger partial charge in [0.25, 0.3) is 11.8 Å². The summed E-state index contributed by atoms with van der Waals surface area (Å²) in [5.41, 5.74) is 14.8. The number of hydrogen-bond acceptors (Lipinski definition) is 9. The number of benzene rings is 2. The molecule has 0 bridgehead atoms. The third kappa shape index (κ3) is 5.06. The Labute approximate surface area is 251 Å². The van der Waals surface area contributed by atoms with Crippen LogP contribution in [0.5, 0.6) is 17.2 Å². The molecule has 4 N–H and O–H groups in total. The van der Waals surface area contributed by atoms with Crippen molar-refractivity contribution in [1.29, 1.82) is 0 Å². The minimum absolute atomic E-state index is 0.106. The number of fused-ring (bicyclic) bond motifs is 4. The number of ether oxygens (including phenoxy) is 3. The molecule has 0 saturated carbocycles. The molecule has 2 fully saturated rings. The molecule has 0 radical (unpaired) electrons. The van der Waals surface area contributed by atoms with E-state index in [2.05, 4.69) is 30.4 Å². The largest absolute Gasteiger partial charge is 0.493 e. The van der Waals surface area contributed by atoms with Crippen LogP contribution in [0.1, 0.15) is 59.4 Å². The van der Waals surface area contributed by atoms with Crippen molar-refractivity contribution in [2.24, 2.45) is 26.9 Å². The number of methoxy groups -OCH3 is 1. The first-order valence-corrected chi connectivity index (χ1v) is 14.4. The number of carbonyl (C=O) groups excluding carboxylic acids is 2. The minimum atomic E-state index is -0.964. The van der Waals surface area contributed by atoms with E-state index in [4.69, 9.17) is 25.7 Å². The van der Waals surface area contributed by atoms with Crippen molar-refractivity contribution >= 4 is 35.6 Å². The molecule has 0 aromatic heterocycles. The number of aryl methyl sites for hydroxylation is 1. The van der Waals surface area contributed by atoms with Gasteiger partial charge in [0.05, 0.1) is 42.8 Å². The fourth-order valence-corrected chi connectivity index (χ4v) is 6.46. The topological polar surface area (TPSA) is 145 Å². The van der Waals surface area contributed by atoms with Crippen molar-refractivity contribution < 1.29 is 23.8 Å². The third-order valence-corrected chi connectivity index (χ3v) is 8.45. The van der Waals surface area contributed by atoms with Crippen LogP contribution >= 0.6 is 0 Å².